The summed E-state index contributed by atoms with van der Waals surface area (Å²) in [6, 6.07) is 7.37. The van der Waals surface area contributed by atoms with Crippen molar-refractivity contribution in [3.8, 4) is 0 Å². The summed E-state index contributed by atoms with van der Waals surface area (Å²) in [4.78, 5) is 4.42. The molecule has 0 aliphatic carbocycles. The van der Waals surface area contributed by atoms with Gasteiger partial charge in [0.2, 0.25) is 0 Å². The minimum atomic E-state index is -0.181. The van der Waals surface area contributed by atoms with E-state index in [9.17, 15) is 4.39 Å². The third kappa shape index (κ3) is 4.61. The molecule has 2 nitrogen and oxygen atoms in total. The number of halogens is 1. The van der Waals surface area contributed by atoms with Crippen LogP contribution in [0.3, 0.4) is 0 Å². The van der Waals surface area contributed by atoms with Gasteiger partial charge in [-0.3, -0.25) is 0 Å². The van der Waals surface area contributed by atoms with Crippen molar-refractivity contribution in [1.82, 2.24) is 10.3 Å². The molecule has 0 bridgehead atoms. The monoisotopic (exact) mass is 306 g/mol. The lowest BCUT2D eigenvalue weighted by atomic mass is 9.99. The standard InChI is InChI=1S/C17H23FN2S/c1-3-5-6-16(13-7-9-14(18)10-8-13)20-15(4-2)17-19-11-12-21-17/h7-12,15-16,20H,3-6H2,1-2H3. The van der Waals surface area contributed by atoms with Crippen molar-refractivity contribution in [2.45, 2.75) is 51.6 Å². The Morgan fingerprint density at radius 2 is 1.95 bits per heavy atom. The highest BCUT2D eigenvalue weighted by molar-refractivity contribution is 7.09. The summed E-state index contributed by atoms with van der Waals surface area (Å²) in [7, 11) is 0. The zero-order valence-corrected chi connectivity index (χ0v) is 13.5. The Hall–Kier alpha value is -1.26. The lowest BCUT2D eigenvalue weighted by molar-refractivity contribution is 0.405. The van der Waals surface area contributed by atoms with Crippen LogP contribution in [0.25, 0.3) is 0 Å². The molecule has 2 aromatic rings. The van der Waals surface area contributed by atoms with Crippen molar-refractivity contribution in [2.75, 3.05) is 0 Å². The van der Waals surface area contributed by atoms with E-state index < -0.39 is 0 Å². The molecule has 0 aliphatic rings. The van der Waals surface area contributed by atoms with Crippen molar-refractivity contribution in [3.63, 3.8) is 0 Å². The smallest absolute Gasteiger partial charge is 0.123 e. The van der Waals surface area contributed by atoms with Gasteiger partial charge in [-0.15, -0.1) is 11.3 Å². The Balaban J connectivity index is 2.13. The van der Waals surface area contributed by atoms with Gasteiger partial charge < -0.3 is 5.32 Å². The van der Waals surface area contributed by atoms with E-state index in [0.29, 0.717) is 0 Å². The summed E-state index contributed by atoms with van der Waals surface area (Å²) in [6.07, 6.45) is 6.22. The molecule has 0 fully saturated rings. The van der Waals surface area contributed by atoms with Crippen LogP contribution < -0.4 is 5.32 Å². The molecule has 1 aromatic carbocycles. The second-order valence-electron chi connectivity index (χ2n) is 5.24. The van der Waals surface area contributed by atoms with Gasteiger partial charge in [0.15, 0.2) is 0 Å². The van der Waals surface area contributed by atoms with Crippen LogP contribution in [-0.4, -0.2) is 4.98 Å². The molecule has 114 valence electrons. The first kappa shape index (κ1) is 16.1. The van der Waals surface area contributed by atoms with Crippen LogP contribution in [0.4, 0.5) is 4.39 Å². The average Bonchev–Trinajstić information content (AvgIpc) is 3.03. The van der Waals surface area contributed by atoms with E-state index in [2.05, 4.69) is 24.1 Å². The normalized spacial score (nSPS) is 14.0. The van der Waals surface area contributed by atoms with E-state index in [4.69, 9.17) is 0 Å². The first-order chi connectivity index (χ1) is 10.2. The Bertz CT molecular complexity index is 510. The van der Waals surface area contributed by atoms with Gasteiger partial charge in [-0.05, 0) is 30.5 Å². The third-order valence-electron chi connectivity index (χ3n) is 3.68. The summed E-state index contributed by atoms with van der Waals surface area (Å²) >= 11 is 1.69. The van der Waals surface area contributed by atoms with Crippen molar-refractivity contribution in [1.29, 1.82) is 0 Å². The van der Waals surface area contributed by atoms with Gasteiger partial charge in [-0.1, -0.05) is 38.8 Å². The van der Waals surface area contributed by atoms with Crippen LogP contribution in [0.1, 0.15) is 62.2 Å². The Kier molecular flexibility index (Phi) is 6.33. The molecule has 2 rings (SSSR count). The Labute approximate surface area is 130 Å². The molecule has 2 unspecified atom stereocenters. The lowest BCUT2D eigenvalue weighted by Crippen LogP contribution is -2.26. The maximum absolute atomic E-state index is 13.1. The number of unbranched alkanes of at least 4 members (excludes halogenated alkanes) is 1. The number of nitrogens with one attached hydrogen (secondary N) is 1. The highest BCUT2D eigenvalue weighted by Crippen LogP contribution is 2.27. The third-order valence-corrected chi connectivity index (χ3v) is 4.57. The lowest BCUT2D eigenvalue weighted by Gasteiger charge is -2.24. The fraction of sp³-hybridized carbons (Fsp3) is 0.471. The quantitative estimate of drug-likeness (QED) is 0.720. The molecule has 2 atom stereocenters. The summed E-state index contributed by atoms with van der Waals surface area (Å²) < 4.78 is 13.1. The van der Waals surface area contributed by atoms with Gasteiger partial charge in [0.1, 0.15) is 10.8 Å². The second-order valence-corrected chi connectivity index (χ2v) is 6.17. The number of thiazole rings is 1. The van der Waals surface area contributed by atoms with Crippen LogP contribution in [0, 0.1) is 5.82 Å². The summed E-state index contributed by atoms with van der Waals surface area (Å²) in [5.41, 5.74) is 1.15. The molecule has 0 saturated heterocycles. The molecule has 1 N–H and O–H groups in total. The van der Waals surface area contributed by atoms with Gasteiger partial charge in [-0.2, -0.15) is 0 Å². The van der Waals surface area contributed by atoms with E-state index in [1.807, 2.05) is 23.7 Å². The molecule has 1 heterocycles. The predicted octanol–water partition coefficient (Wildman–Crippen LogP) is 5.25. The van der Waals surface area contributed by atoms with Gasteiger partial charge >= 0.3 is 0 Å². The molecule has 1 aromatic heterocycles. The molecule has 0 amide bonds. The van der Waals surface area contributed by atoms with Gasteiger partial charge in [-0.25, -0.2) is 9.37 Å². The zero-order chi connectivity index (χ0) is 15.1. The van der Waals surface area contributed by atoms with Crippen molar-refractivity contribution < 1.29 is 4.39 Å². The average molecular weight is 306 g/mol. The Morgan fingerprint density at radius 3 is 2.52 bits per heavy atom. The van der Waals surface area contributed by atoms with Crippen molar-refractivity contribution >= 4 is 11.3 Å². The SMILES string of the molecule is CCCCC(NC(CC)c1nccs1)c1ccc(F)cc1. The predicted molar refractivity (Wildman–Crippen MR) is 86.9 cm³/mol. The molecule has 0 radical (unpaired) electrons. The summed E-state index contributed by atoms with van der Waals surface area (Å²) in [6.45, 7) is 4.36. The van der Waals surface area contributed by atoms with E-state index >= 15 is 0 Å². The number of rotatable bonds is 8. The van der Waals surface area contributed by atoms with E-state index in [0.717, 1.165) is 36.3 Å². The van der Waals surface area contributed by atoms with Gasteiger partial charge in [0.25, 0.3) is 0 Å². The van der Waals surface area contributed by atoms with Crippen LogP contribution in [0.5, 0.6) is 0 Å². The van der Waals surface area contributed by atoms with Crippen LogP contribution in [0.2, 0.25) is 0 Å². The number of hydrogen-bond acceptors (Lipinski definition) is 3. The fourth-order valence-corrected chi connectivity index (χ4v) is 3.24. The maximum Gasteiger partial charge on any atom is 0.123 e. The summed E-state index contributed by atoms with van der Waals surface area (Å²) in [5, 5.41) is 6.84. The highest BCUT2D eigenvalue weighted by Gasteiger charge is 2.18. The van der Waals surface area contributed by atoms with Crippen molar-refractivity contribution in [3.05, 3.63) is 52.2 Å². The van der Waals surface area contributed by atoms with Gasteiger partial charge in [0, 0.05) is 17.6 Å². The minimum Gasteiger partial charge on any atom is -0.301 e. The maximum atomic E-state index is 13.1. The fourth-order valence-electron chi connectivity index (χ4n) is 2.46. The number of nitrogens with zero attached hydrogens (tertiary/aromatic N) is 1. The molecule has 0 saturated carbocycles. The van der Waals surface area contributed by atoms with Crippen molar-refractivity contribution in [2.24, 2.45) is 0 Å². The molecule has 0 spiro atoms. The molecule has 21 heavy (non-hydrogen) atoms. The Morgan fingerprint density at radius 1 is 1.19 bits per heavy atom. The second kappa shape index (κ2) is 8.25. The molecular weight excluding hydrogens is 283 g/mol. The van der Waals surface area contributed by atoms with Crippen LogP contribution in [0.15, 0.2) is 35.8 Å². The first-order valence-corrected chi connectivity index (χ1v) is 8.53. The molecule has 0 aliphatic heterocycles. The van der Waals surface area contributed by atoms with Crippen LogP contribution >= 0.6 is 11.3 Å². The largest absolute Gasteiger partial charge is 0.301 e. The van der Waals surface area contributed by atoms with E-state index in [-0.39, 0.29) is 17.9 Å². The highest BCUT2D eigenvalue weighted by atomic mass is 32.1. The summed E-state index contributed by atoms with van der Waals surface area (Å²) in [5.74, 6) is -0.181. The van der Waals surface area contributed by atoms with Crippen LogP contribution in [-0.2, 0) is 0 Å². The minimum absolute atomic E-state index is 0.181. The number of aromatic nitrogens is 1. The first-order valence-electron chi connectivity index (χ1n) is 7.65. The number of hydrogen-bond donors (Lipinski definition) is 1. The molecule has 4 heteroatoms. The van der Waals surface area contributed by atoms with E-state index in [1.54, 1.807) is 23.5 Å². The zero-order valence-electron chi connectivity index (χ0n) is 12.7. The molecular formula is C17H23FN2S. The topological polar surface area (TPSA) is 24.9 Å². The van der Waals surface area contributed by atoms with Gasteiger partial charge in [0.05, 0.1) is 6.04 Å². The van der Waals surface area contributed by atoms with E-state index in [1.165, 1.54) is 0 Å². The number of benzene rings is 1.